The molecule has 0 aromatic heterocycles. The molecule has 0 aliphatic heterocycles. The lowest BCUT2D eigenvalue weighted by molar-refractivity contribution is 0.0889. The second-order valence-corrected chi connectivity index (χ2v) is 4.81. The van der Waals surface area contributed by atoms with Gasteiger partial charge in [-0.25, -0.2) is 0 Å². The molecular weight excluding hydrogens is 262 g/mol. The molecule has 0 saturated carbocycles. The molecule has 3 heteroatoms. The van der Waals surface area contributed by atoms with Gasteiger partial charge in [-0.3, -0.25) is 0 Å². The fourth-order valence-electron chi connectivity index (χ4n) is 2.00. The number of nitrogens with one attached hydrogen (secondary N) is 1. The van der Waals surface area contributed by atoms with Gasteiger partial charge in [0, 0.05) is 6.54 Å². The first-order chi connectivity index (χ1) is 10.4. The Labute approximate surface area is 126 Å². The van der Waals surface area contributed by atoms with Gasteiger partial charge in [0.05, 0.1) is 13.2 Å². The first-order valence-electron chi connectivity index (χ1n) is 7.42. The molecule has 0 atom stereocenters. The van der Waals surface area contributed by atoms with Gasteiger partial charge in [0.2, 0.25) is 0 Å². The molecule has 0 saturated heterocycles. The Morgan fingerprint density at radius 1 is 0.905 bits per heavy atom. The summed E-state index contributed by atoms with van der Waals surface area (Å²) in [7, 11) is 0. The summed E-state index contributed by atoms with van der Waals surface area (Å²) in [5.74, 6) is 0.897. The van der Waals surface area contributed by atoms with Crippen molar-refractivity contribution in [2.45, 2.75) is 20.1 Å². The quantitative estimate of drug-likeness (QED) is 0.716. The van der Waals surface area contributed by atoms with Crippen molar-refractivity contribution in [2.24, 2.45) is 0 Å². The van der Waals surface area contributed by atoms with Crippen LogP contribution in [0.1, 0.15) is 18.1 Å². The molecule has 2 aromatic carbocycles. The average molecular weight is 285 g/mol. The van der Waals surface area contributed by atoms with Crippen molar-refractivity contribution in [1.29, 1.82) is 0 Å². The molecule has 112 valence electrons. The Bertz CT molecular complexity index is 514. The van der Waals surface area contributed by atoms with Crippen molar-refractivity contribution in [1.82, 2.24) is 5.32 Å². The van der Waals surface area contributed by atoms with Crippen LogP contribution in [0, 0.1) is 0 Å². The summed E-state index contributed by atoms with van der Waals surface area (Å²) in [4.78, 5) is 0. The highest BCUT2D eigenvalue weighted by molar-refractivity contribution is 5.28. The van der Waals surface area contributed by atoms with E-state index >= 15 is 0 Å². The molecule has 0 aliphatic rings. The largest absolute Gasteiger partial charge is 0.491 e. The molecular formula is C18H23NO2. The molecule has 0 bridgehead atoms. The average Bonchev–Trinajstić information content (AvgIpc) is 2.54. The topological polar surface area (TPSA) is 30.5 Å². The summed E-state index contributed by atoms with van der Waals surface area (Å²) in [6.07, 6.45) is 0. The standard InChI is InChI=1S/C18H23NO2/c1-2-19-14-17-9-6-10-18(13-17)21-12-11-20-15-16-7-4-3-5-8-16/h3-10,13,19H,2,11-12,14-15H2,1H3. The predicted molar refractivity (Wildman–Crippen MR) is 85.4 cm³/mol. The molecule has 0 radical (unpaired) electrons. The van der Waals surface area contributed by atoms with E-state index in [0.29, 0.717) is 19.8 Å². The van der Waals surface area contributed by atoms with Crippen LogP contribution in [-0.2, 0) is 17.9 Å². The van der Waals surface area contributed by atoms with Gasteiger partial charge in [0.25, 0.3) is 0 Å². The summed E-state index contributed by atoms with van der Waals surface area (Å²) < 4.78 is 11.3. The van der Waals surface area contributed by atoms with E-state index in [0.717, 1.165) is 18.8 Å². The zero-order valence-corrected chi connectivity index (χ0v) is 12.5. The molecule has 0 heterocycles. The normalized spacial score (nSPS) is 10.5. The van der Waals surface area contributed by atoms with Crippen LogP contribution in [0.2, 0.25) is 0 Å². The summed E-state index contributed by atoms with van der Waals surface area (Å²) in [6.45, 7) is 5.73. The molecule has 0 spiro atoms. The maximum Gasteiger partial charge on any atom is 0.119 e. The van der Waals surface area contributed by atoms with Crippen LogP contribution < -0.4 is 10.1 Å². The van der Waals surface area contributed by atoms with Gasteiger partial charge in [-0.2, -0.15) is 0 Å². The zero-order chi connectivity index (χ0) is 14.8. The summed E-state index contributed by atoms with van der Waals surface area (Å²) >= 11 is 0. The van der Waals surface area contributed by atoms with Crippen molar-refractivity contribution in [3.05, 3.63) is 65.7 Å². The summed E-state index contributed by atoms with van der Waals surface area (Å²) in [6, 6.07) is 18.3. The van der Waals surface area contributed by atoms with Crippen molar-refractivity contribution in [3.63, 3.8) is 0 Å². The minimum Gasteiger partial charge on any atom is -0.491 e. The SMILES string of the molecule is CCNCc1cccc(OCCOCc2ccccc2)c1. The van der Waals surface area contributed by atoms with Gasteiger partial charge in [-0.1, -0.05) is 49.4 Å². The lowest BCUT2D eigenvalue weighted by Crippen LogP contribution is -2.12. The van der Waals surface area contributed by atoms with E-state index in [4.69, 9.17) is 9.47 Å². The van der Waals surface area contributed by atoms with Crippen LogP contribution in [-0.4, -0.2) is 19.8 Å². The van der Waals surface area contributed by atoms with Crippen LogP contribution in [0.5, 0.6) is 5.75 Å². The highest BCUT2D eigenvalue weighted by Gasteiger charge is 1.97. The maximum atomic E-state index is 5.71. The third-order valence-corrected chi connectivity index (χ3v) is 3.09. The maximum absolute atomic E-state index is 5.71. The second-order valence-electron chi connectivity index (χ2n) is 4.81. The highest BCUT2D eigenvalue weighted by Crippen LogP contribution is 2.13. The number of benzene rings is 2. The van der Waals surface area contributed by atoms with Gasteiger partial charge >= 0.3 is 0 Å². The lowest BCUT2D eigenvalue weighted by atomic mass is 10.2. The summed E-state index contributed by atoms with van der Waals surface area (Å²) in [5, 5.41) is 3.31. The van der Waals surface area contributed by atoms with E-state index in [1.54, 1.807) is 0 Å². The first-order valence-corrected chi connectivity index (χ1v) is 7.42. The smallest absolute Gasteiger partial charge is 0.119 e. The Hall–Kier alpha value is -1.84. The Balaban J connectivity index is 1.66. The monoisotopic (exact) mass is 285 g/mol. The van der Waals surface area contributed by atoms with Gasteiger partial charge in [0.1, 0.15) is 12.4 Å². The number of rotatable bonds is 9. The Kier molecular flexibility index (Phi) is 6.78. The van der Waals surface area contributed by atoms with Crippen LogP contribution in [0.4, 0.5) is 0 Å². The number of hydrogen-bond donors (Lipinski definition) is 1. The third-order valence-electron chi connectivity index (χ3n) is 3.09. The summed E-state index contributed by atoms with van der Waals surface area (Å²) in [5.41, 5.74) is 2.42. The molecule has 2 aromatic rings. The number of hydrogen-bond acceptors (Lipinski definition) is 3. The molecule has 0 aliphatic carbocycles. The second kappa shape index (κ2) is 9.16. The van der Waals surface area contributed by atoms with Gasteiger partial charge in [-0.05, 0) is 29.8 Å². The van der Waals surface area contributed by atoms with Crippen LogP contribution in [0.3, 0.4) is 0 Å². The predicted octanol–water partition coefficient (Wildman–Crippen LogP) is 3.39. The number of ether oxygens (including phenoxy) is 2. The van der Waals surface area contributed by atoms with Gasteiger partial charge in [-0.15, -0.1) is 0 Å². The lowest BCUT2D eigenvalue weighted by Gasteiger charge is -2.09. The van der Waals surface area contributed by atoms with Crippen molar-refractivity contribution < 1.29 is 9.47 Å². The molecule has 3 nitrogen and oxygen atoms in total. The van der Waals surface area contributed by atoms with E-state index in [9.17, 15) is 0 Å². The van der Waals surface area contributed by atoms with E-state index < -0.39 is 0 Å². The molecule has 0 fully saturated rings. The molecule has 2 rings (SSSR count). The van der Waals surface area contributed by atoms with Gasteiger partial charge in [0.15, 0.2) is 0 Å². The van der Waals surface area contributed by atoms with Crippen LogP contribution in [0.15, 0.2) is 54.6 Å². The zero-order valence-electron chi connectivity index (χ0n) is 12.5. The molecule has 0 unspecified atom stereocenters. The third kappa shape index (κ3) is 5.98. The molecule has 1 N–H and O–H groups in total. The van der Waals surface area contributed by atoms with E-state index in [-0.39, 0.29) is 0 Å². The van der Waals surface area contributed by atoms with Crippen LogP contribution >= 0.6 is 0 Å². The van der Waals surface area contributed by atoms with Crippen molar-refractivity contribution in [3.8, 4) is 5.75 Å². The molecule has 21 heavy (non-hydrogen) atoms. The van der Waals surface area contributed by atoms with E-state index in [1.165, 1.54) is 11.1 Å². The fourth-order valence-corrected chi connectivity index (χ4v) is 2.00. The van der Waals surface area contributed by atoms with Gasteiger partial charge < -0.3 is 14.8 Å². The Morgan fingerprint density at radius 3 is 2.52 bits per heavy atom. The Morgan fingerprint density at radius 2 is 1.71 bits per heavy atom. The van der Waals surface area contributed by atoms with E-state index in [1.807, 2.05) is 30.3 Å². The van der Waals surface area contributed by atoms with E-state index in [2.05, 4.69) is 36.5 Å². The molecule has 0 amide bonds. The minimum atomic E-state index is 0.567. The fraction of sp³-hybridized carbons (Fsp3) is 0.333. The van der Waals surface area contributed by atoms with Crippen molar-refractivity contribution >= 4 is 0 Å². The van der Waals surface area contributed by atoms with Crippen molar-refractivity contribution in [2.75, 3.05) is 19.8 Å². The van der Waals surface area contributed by atoms with Crippen LogP contribution in [0.25, 0.3) is 0 Å². The highest BCUT2D eigenvalue weighted by atomic mass is 16.5. The first kappa shape index (κ1) is 15.5. The minimum absolute atomic E-state index is 0.567.